The monoisotopic (exact) mass is 194 g/mol. The van der Waals surface area contributed by atoms with Crippen LogP contribution in [0.2, 0.25) is 0 Å². The number of hydrogen-bond acceptors (Lipinski definition) is 0. The molecule has 1 heteroatoms. The van der Waals surface area contributed by atoms with Gasteiger partial charge in [0, 0.05) is 12.3 Å². The molecule has 3 atom stereocenters. The second-order valence-corrected chi connectivity index (χ2v) is 5.01. The lowest BCUT2D eigenvalue weighted by Gasteiger charge is -2.44. The highest BCUT2D eigenvalue weighted by molar-refractivity contribution is 5.11. The van der Waals surface area contributed by atoms with Gasteiger partial charge >= 0.3 is 0 Å². The summed E-state index contributed by atoms with van der Waals surface area (Å²) in [5, 5.41) is 0. The van der Waals surface area contributed by atoms with Crippen LogP contribution in [0, 0.1) is 11.8 Å². The quantitative estimate of drug-likeness (QED) is 0.477. The molecule has 0 aromatic rings. The van der Waals surface area contributed by atoms with E-state index < -0.39 is 0 Å². The SMILES string of the molecule is CC[N+](CC)(CC)C1CC2C=CC1C2. The fourth-order valence-electron chi connectivity index (χ4n) is 3.76. The summed E-state index contributed by atoms with van der Waals surface area (Å²) < 4.78 is 1.35. The first-order valence-electron chi connectivity index (χ1n) is 6.29. The maximum atomic E-state index is 2.49. The van der Waals surface area contributed by atoms with Crippen molar-refractivity contribution in [3.05, 3.63) is 12.2 Å². The smallest absolute Gasteiger partial charge is 0.0959 e. The Labute approximate surface area is 88.4 Å². The van der Waals surface area contributed by atoms with Gasteiger partial charge in [0.1, 0.15) is 0 Å². The Morgan fingerprint density at radius 1 is 1.00 bits per heavy atom. The normalized spacial score (nSPS) is 35.5. The Bertz CT molecular complexity index is 219. The molecule has 2 rings (SSSR count). The topological polar surface area (TPSA) is 0 Å². The number of nitrogens with zero attached hydrogens (tertiary/aromatic N) is 1. The minimum Gasteiger partial charge on any atom is -0.321 e. The molecule has 0 aromatic heterocycles. The third-order valence-electron chi connectivity index (χ3n) is 4.84. The fourth-order valence-corrected chi connectivity index (χ4v) is 3.76. The van der Waals surface area contributed by atoms with Crippen molar-refractivity contribution < 1.29 is 4.48 Å². The van der Waals surface area contributed by atoms with Crippen LogP contribution < -0.4 is 0 Å². The Morgan fingerprint density at radius 2 is 1.64 bits per heavy atom. The van der Waals surface area contributed by atoms with E-state index in [-0.39, 0.29) is 0 Å². The average Bonchev–Trinajstić information content (AvgIpc) is 2.83. The van der Waals surface area contributed by atoms with E-state index in [9.17, 15) is 0 Å². The zero-order valence-corrected chi connectivity index (χ0v) is 9.87. The van der Waals surface area contributed by atoms with Crippen molar-refractivity contribution in [2.24, 2.45) is 11.8 Å². The summed E-state index contributed by atoms with van der Waals surface area (Å²) >= 11 is 0. The van der Waals surface area contributed by atoms with Crippen molar-refractivity contribution in [3.63, 3.8) is 0 Å². The molecule has 0 aliphatic heterocycles. The number of hydrogen-bond donors (Lipinski definition) is 0. The first-order chi connectivity index (χ1) is 6.75. The van der Waals surface area contributed by atoms with Crippen LogP contribution in [-0.4, -0.2) is 30.2 Å². The van der Waals surface area contributed by atoms with Crippen LogP contribution in [0.3, 0.4) is 0 Å². The molecule has 0 N–H and O–H groups in total. The van der Waals surface area contributed by atoms with Gasteiger partial charge in [0.2, 0.25) is 0 Å². The van der Waals surface area contributed by atoms with Crippen LogP contribution in [0.1, 0.15) is 33.6 Å². The summed E-state index contributed by atoms with van der Waals surface area (Å²) in [5.74, 6) is 1.83. The number of quaternary nitrogens is 1. The van der Waals surface area contributed by atoms with E-state index in [1.165, 1.54) is 37.0 Å². The third kappa shape index (κ3) is 1.33. The molecule has 3 unspecified atom stereocenters. The first-order valence-corrected chi connectivity index (χ1v) is 6.29. The molecule has 1 nitrogen and oxygen atoms in total. The third-order valence-corrected chi connectivity index (χ3v) is 4.84. The van der Waals surface area contributed by atoms with Gasteiger partial charge in [-0.15, -0.1) is 0 Å². The summed E-state index contributed by atoms with van der Waals surface area (Å²) in [4.78, 5) is 0. The fraction of sp³-hybridized carbons (Fsp3) is 0.846. The maximum absolute atomic E-state index is 2.49. The number of rotatable bonds is 4. The highest BCUT2D eigenvalue weighted by Gasteiger charge is 2.46. The van der Waals surface area contributed by atoms with Crippen molar-refractivity contribution in [1.82, 2.24) is 0 Å². The summed E-state index contributed by atoms with van der Waals surface area (Å²) in [6.45, 7) is 11.0. The van der Waals surface area contributed by atoms with Gasteiger partial charge in [-0.2, -0.15) is 0 Å². The van der Waals surface area contributed by atoms with E-state index in [0.717, 1.165) is 17.9 Å². The van der Waals surface area contributed by atoms with Gasteiger partial charge in [-0.3, -0.25) is 0 Å². The van der Waals surface area contributed by atoms with E-state index in [1.807, 2.05) is 0 Å². The highest BCUT2D eigenvalue weighted by Crippen LogP contribution is 2.44. The molecule has 0 saturated heterocycles. The van der Waals surface area contributed by atoms with E-state index in [1.54, 1.807) is 0 Å². The molecule has 14 heavy (non-hydrogen) atoms. The second-order valence-electron chi connectivity index (χ2n) is 5.01. The molecular weight excluding hydrogens is 170 g/mol. The van der Waals surface area contributed by atoms with Gasteiger partial charge in [-0.25, -0.2) is 0 Å². The lowest BCUT2D eigenvalue weighted by molar-refractivity contribution is -0.948. The van der Waals surface area contributed by atoms with Gasteiger partial charge in [-0.05, 0) is 33.1 Å². The van der Waals surface area contributed by atoms with Crippen LogP contribution in [0.5, 0.6) is 0 Å². The minimum absolute atomic E-state index is 0.903. The van der Waals surface area contributed by atoms with Crippen molar-refractivity contribution in [3.8, 4) is 0 Å². The van der Waals surface area contributed by atoms with Gasteiger partial charge < -0.3 is 4.48 Å². The maximum Gasteiger partial charge on any atom is 0.0959 e. The minimum atomic E-state index is 0.903. The Hall–Kier alpha value is -0.300. The van der Waals surface area contributed by atoms with E-state index >= 15 is 0 Å². The Morgan fingerprint density at radius 3 is 2.00 bits per heavy atom. The molecular formula is C13H24N+. The van der Waals surface area contributed by atoms with Gasteiger partial charge in [0.15, 0.2) is 0 Å². The van der Waals surface area contributed by atoms with Crippen molar-refractivity contribution in [2.75, 3.05) is 19.6 Å². The van der Waals surface area contributed by atoms with Crippen molar-refractivity contribution in [2.45, 2.75) is 39.7 Å². The summed E-state index contributed by atoms with van der Waals surface area (Å²) in [7, 11) is 0. The summed E-state index contributed by atoms with van der Waals surface area (Å²) in [5.41, 5.74) is 0. The number of allylic oxidation sites excluding steroid dienone is 1. The molecule has 2 aliphatic rings. The van der Waals surface area contributed by atoms with Crippen molar-refractivity contribution in [1.29, 1.82) is 0 Å². The highest BCUT2D eigenvalue weighted by atomic mass is 15.4. The van der Waals surface area contributed by atoms with Crippen LogP contribution in [-0.2, 0) is 0 Å². The lowest BCUT2D eigenvalue weighted by atomic mass is 9.97. The molecule has 0 radical (unpaired) electrons. The molecule has 0 aromatic carbocycles. The lowest BCUT2D eigenvalue weighted by Crippen LogP contribution is -2.56. The van der Waals surface area contributed by atoms with Gasteiger partial charge in [0.05, 0.1) is 25.7 Å². The summed E-state index contributed by atoms with van der Waals surface area (Å²) in [6.07, 6.45) is 7.85. The molecule has 0 heterocycles. The Kier molecular flexibility index (Phi) is 2.70. The first kappa shape index (κ1) is 10.2. The largest absolute Gasteiger partial charge is 0.321 e. The van der Waals surface area contributed by atoms with E-state index in [4.69, 9.17) is 0 Å². The van der Waals surface area contributed by atoms with Crippen LogP contribution in [0.4, 0.5) is 0 Å². The zero-order chi connectivity index (χ0) is 10.2. The molecule has 80 valence electrons. The van der Waals surface area contributed by atoms with Gasteiger partial charge in [0.25, 0.3) is 0 Å². The molecule has 1 fully saturated rings. The van der Waals surface area contributed by atoms with Crippen LogP contribution in [0.25, 0.3) is 0 Å². The zero-order valence-electron chi connectivity index (χ0n) is 9.87. The number of fused-ring (bicyclic) bond motifs is 2. The standard InChI is InChI=1S/C13H24N/c1-4-14(5-2,6-3)13-10-11-7-8-12(13)9-11/h7-8,11-13H,4-6,9-10H2,1-3H3/q+1. The average molecular weight is 194 g/mol. The van der Waals surface area contributed by atoms with Gasteiger partial charge in [-0.1, -0.05) is 12.2 Å². The van der Waals surface area contributed by atoms with E-state index in [0.29, 0.717) is 0 Å². The molecule has 1 saturated carbocycles. The second kappa shape index (κ2) is 3.69. The van der Waals surface area contributed by atoms with Crippen LogP contribution in [0.15, 0.2) is 12.2 Å². The van der Waals surface area contributed by atoms with Crippen molar-refractivity contribution >= 4 is 0 Å². The summed E-state index contributed by atoms with van der Waals surface area (Å²) in [6, 6.07) is 0.935. The molecule has 0 amide bonds. The molecule has 2 aliphatic carbocycles. The van der Waals surface area contributed by atoms with E-state index in [2.05, 4.69) is 32.9 Å². The Balaban J connectivity index is 2.16. The molecule has 2 bridgehead atoms. The predicted octanol–water partition coefficient (Wildman–Crippen LogP) is 2.83. The van der Waals surface area contributed by atoms with Crippen LogP contribution >= 0.6 is 0 Å². The molecule has 0 spiro atoms. The predicted molar refractivity (Wildman–Crippen MR) is 61.0 cm³/mol.